The number of benzene rings is 1. The maximum atomic E-state index is 13.3. The molecule has 1 rings (SSSR count). The van der Waals surface area contributed by atoms with Crippen LogP contribution in [0.3, 0.4) is 0 Å². The first-order chi connectivity index (χ1) is 9.43. The van der Waals surface area contributed by atoms with Gasteiger partial charge in [0.25, 0.3) is 0 Å². The summed E-state index contributed by atoms with van der Waals surface area (Å²) < 4.78 is 65.4. The molecular formula is C13H17F5N2. The number of anilines is 1. The van der Waals surface area contributed by atoms with Gasteiger partial charge in [-0.05, 0) is 26.1 Å². The molecular weight excluding hydrogens is 279 g/mol. The highest BCUT2D eigenvalue weighted by Gasteiger charge is 2.25. The highest BCUT2D eigenvalue weighted by Crippen LogP contribution is 2.26. The summed E-state index contributed by atoms with van der Waals surface area (Å²) in [6, 6.07) is 0. The molecule has 0 saturated carbocycles. The van der Waals surface area contributed by atoms with Gasteiger partial charge in [0.1, 0.15) is 5.69 Å². The molecule has 7 heteroatoms. The number of hydrogen-bond acceptors (Lipinski definition) is 2. The maximum Gasteiger partial charge on any atom is 0.200 e. The van der Waals surface area contributed by atoms with Crippen molar-refractivity contribution in [3.8, 4) is 0 Å². The van der Waals surface area contributed by atoms with E-state index in [4.69, 9.17) is 0 Å². The molecule has 0 aliphatic rings. The van der Waals surface area contributed by atoms with E-state index in [-0.39, 0.29) is 6.54 Å². The molecule has 0 radical (unpaired) electrons. The topological polar surface area (TPSA) is 15.3 Å². The van der Waals surface area contributed by atoms with Gasteiger partial charge in [-0.2, -0.15) is 0 Å². The second-order valence-electron chi connectivity index (χ2n) is 4.25. The van der Waals surface area contributed by atoms with Gasteiger partial charge in [-0.25, -0.2) is 22.0 Å². The third kappa shape index (κ3) is 3.59. The maximum absolute atomic E-state index is 13.3. The normalized spacial score (nSPS) is 11.2. The zero-order chi connectivity index (χ0) is 15.3. The molecule has 0 unspecified atom stereocenters. The van der Waals surface area contributed by atoms with Crippen molar-refractivity contribution in [2.75, 3.05) is 31.5 Å². The summed E-state index contributed by atoms with van der Waals surface area (Å²) in [7, 11) is 0. The van der Waals surface area contributed by atoms with Gasteiger partial charge in [-0.1, -0.05) is 13.8 Å². The Morgan fingerprint density at radius 2 is 1.25 bits per heavy atom. The van der Waals surface area contributed by atoms with Gasteiger partial charge in [0.05, 0.1) is 0 Å². The zero-order valence-corrected chi connectivity index (χ0v) is 11.4. The lowest BCUT2D eigenvalue weighted by Gasteiger charge is -2.18. The SMILES string of the molecule is CCN(CC)CCCNc1c(F)c(F)c(F)c(F)c1F. The minimum Gasteiger partial charge on any atom is -0.380 e. The van der Waals surface area contributed by atoms with E-state index in [1.807, 2.05) is 13.8 Å². The lowest BCUT2D eigenvalue weighted by Crippen LogP contribution is -2.25. The van der Waals surface area contributed by atoms with Crippen LogP contribution in [0.15, 0.2) is 0 Å². The van der Waals surface area contributed by atoms with Crippen molar-refractivity contribution in [2.45, 2.75) is 20.3 Å². The summed E-state index contributed by atoms with van der Waals surface area (Å²) in [4.78, 5) is 2.08. The third-order valence-electron chi connectivity index (χ3n) is 3.06. The number of halogens is 5. The predicted octanol–water partition coefficient (Wildman–Crippen LogP) is 3.53. The Balaban J connectivity index is 2.70. The quantitative estimate of drug-likeness (QED) is 0.358. The predicted molar refractivity (Wildman–Crippen MR) is 67.1 cm³/mol. The second kappa shape index (κ2) is 7.42. The summed E-state index contributed by atoms with van der Waals surface area (Å²) in [6.45, 7) is 6.41. The summed E-state index contributed by atoms with van der Waals surface area (Å²) in [5.74, 6) is -9.67. The highest BCUT2D eigenvalue weighted by molar-refractivity contribution is 5.47. The largest absolute Gasteiger partial charge is 0.380 e. The summed E-state index contributed by atoms with van der Waals surface area (Å²) >= 11 is 0. The van der Waals surface area contributed by atoms with E-state index < -0.39 is 34.8 Å². The van der Waals surface area contributed by atoms with Crippen molar-refractivity contribution in [3.05, 3.63) is 29.1 Å². The van der Waals surface area contributed by atoms with Crippen molar-refractivity contribution in [1.82, 2.24) is 4.90 Å². The van der Waals surface area contributed by atoms with Gasteiger partial charge in [-0.3, -0.25) is 0 Å². The molecule has 0 fully saturated rings. The van der Waals surface area contributed by atoms with Crippen molar-refractivity contribution >= 4 is 5.69 Å². The fourth-order valence-electron chi connectivity index (χ4n) is 1.82. The van der Waals surface area contributed by atoms with E-state index in [9.17, 15) is 22.0 Å². The van der Waals surface area contributed by atoms with Crippen LogP contribution in [-0.4, -0.2) is 31.1 Å². The molecule has 0 atom stereocenters. The van der Waals surface area contributed by atoms with Gasteiger partial charge in [0.15, 0.2) is 23.3 Å². The third-order valence-corrected chi connectivity index (χ3v) is 3.06. The average Bonchev–Trinajstić information content (AvgIpc) is 2.46. The fourth-order valence-corrected chi connectivity index (χ4v) is 1.82. The van der Waals surface area contributed by atoms with E-state index in [1.54, 1.807) is 0 Å². The molecule has 1 N–H and O–H groups in total. The standard InChI is InChI=1S/C13H17F5N2/c1-3-20(4-2)7-5-6-19-13-11(17)9(15)8(14)10(16)12(13)18/h19H,3-7H2,1-2H3. The van der Waals surface area contributed by atoms with E-state index in [1.165, 1.54) is 0 Å². The Morgan fingerprint density at radius 1 is 0.800 bits per heavy atom. The number of hydrogen-bond donors (Lipinski definition) is 1. The molecule has 1 aromatic carbocycles. The molecule has 114 valence electrons. The molecule has 1 aromatic rings. The minimum atomic E-state index is -2.14. The van der Waals surface area contributed by atoms with Gasteiger partial charge in [-0.15, -0.1) is 0 Å². The second-order valence-corrected chi connectivity index (χ2v) is 4.25. The van der Waals surface area contributed by atoms with E-state index in [0.29, 0.717) is 13.0 Å². The molecule has 20 heavy (non-hydrogen) atoms. The van der Waals surface area contributed by atoms with Gasteiger partial charge >= 0.3 is 0 Å². The smallest absolute Gasteiger partial charge is 0.200 e. The number of nitrogens with zero attached hydrogens (tertiary/aromatic N) is 1. The first kappa shape index (κ1) is 16.7. The summed E-state index contributed by atoms with van der Waals surface area (Å²) in [6.07, 6.45) is 0.529. The Morgan fingerprint density at radius 3 is 1.70 bits per heavy atom. The molecule has 0 bridgehead atoms. The first-order valence-corrected chi connectivity index (χ1v) is 6.41. The minimum absolute atomic E-state index is 0.120. The number of rotatable bonds is 7. The van der Waals surface area contributed by atoms with E-state index in [2.05, 4.69) is 10.2 Å². The zero-order valence-electron chi connectivity index (χ0n) is 11.4. The van der Waals surface area contributed by atoms with Gasteiger partial charge in [0.2, 0.25) is 5.82 Å². The molecule has 0 aliphatic heterocycles. The van der Waals surface area contributed by atoms with Gasteiger partial charge in [0, 0.05) is 6.54 Å². The van der Waals surface area contributed by atoms with E-state index in [0.717, 1.165) is 13.1 Å². The van der Waals surface area contributed by atoms with Crippen molar-refractivity contribution < 1.29 is 22.0 Å². The van der Waals surface area contributed by atoms with Crippen molar-refractivity contribution in [2.24, 2.45) is 0 Å². The fraction of sp³-hybridized carbons (Fsp3) is 0.538. The Bertz CT molecular complexity index is 432. The van der Waals surface area contributed by atoms with Crippen LogP contribution in [-0.2, 0) is 0 Å². The molecule has 2 nitrogen and oxygen atoms in total. The molecule has 0 aliphatic carbocycles. The average molecular weight is 296 g/mol. The monoisotopic (exact) mass is 296 g/mol. The first-order valence-electron chi connectivity index (χ1n) is 6.41. The van der Waals surface area contributed by atoms with Crippen LogP contribution in [0, 0.1) is 29.1 Å². The van der Waals surface area contributed by atoms with E-state index >= 15 is 0 Å². The molecule has 0 spiro atoms. The van der Waals surface area contributed by atoms with Crippen LogP contribution in [0.5, 0.6) is 0 Å². The van der Waals surface area contributed by atoms with Crippen LogP contribution in [0.4, 0.5) is 27.6 Å². The van der Waals surface area contributed by atoms with Crippen LogP contribution in [0.25, 0.3) is 0 Å². The molecule has 0 saturated heterocycles. The van der Waals surface area contributed by atoms with Crippen LogP contribution >= 0.6 is 0 Å². The summed E-state index contributed by atoms with van der Waals surface area (Å²) in [5, 5.41) is 2.27. The Labute approximate surface area is 114 Å². The van der Waals surface area contributed by atoms with Crippen molar-refractivity contribution in [1.29, 1.82) is 0 Å². The molecule has 0 heterocycles. The van der Waals surface area contributed by atoms with Crippen LogP contribution < -0.4 is 5.32 Å². The van der Waals surface area contributed by atoms with Crippen molar-refractivity contribution in [3.63, 3.8) is 0 Å². The Hall–Kier alpha value is -1.37. The van der Waals surface area contributed by atoms with Crippen LogP contribution in [0.2, 0.25) is 0 Å². The lowest BCUT2D eigenvalue weighted by molar-refractivity contribution is 0.302. The Kier molecular flexibility index (Phi) is 6.19. The number of nitrogens with one attached hydrogen (secondary N) is 1. The lowest BCUT2D eigenvalue weighted by atomic mass is 10.2. The van der Waals surface area contributed by atoms with Crippen LogP contribution in [0.1, 0.15) is 20.3 Å². The highest BCUT2D eigenvalue weighted by atomic mass is 19.2. The van der Waals surface area contributed by atoms with Gasteiger partial charge < -0.3 is 10.2 Å². The molecule has 0 amide bonds. The summed E-state index contributed by atoms with van der Waals surface area (Å²) in [5.41, 5.74) is -0.971. The molecule has 0 aromatic heterocycles.